The van der Waals surface area contributed by atoms with Gasteiger partial charge in [0.1, 0.15) is 18.0 Å². The van der Waals surface area contributed by atoms with Gasteiger partial charge in [0, 0.05) is 6.54 Å². The number of nitrogens with two attached hydrogens (primary N) is 1. The number of nitrogens with one attached hydrogen (secondary N) is 1. The Kier molecular flexibility index (Phi) is 4.93. The highest BCUT2D eigenvalue weighted by Gasteiger charge is 2.27. The van der Waals surface area contributed by atoms with Crippen molar-refractivity contribution >= 4 is 17.1 Å². The van der Waals surface area contributed by atoms with Crippen molar-refractivity contribution in [3.8, 4) is 0 Å². The second-order valence-corrected chi connectivity index (χ2v) is 3.60. The smallest absolute Gasteiger partial charge is 0.393 e. The van der Waals surface area contributed by atoms with Gasteiger partial charge in [0.2, 0.25) is 0 Å². The van der Waals surface area contributed by atoms with Crippen molar-refractivity contribution in [2.45, 2.75) is 6.18 Å². The fourth-order valence-corrected chi connectivity index (χ4v) is 1.35. The molecule has 0 amide bonds. The summed E-state index contributed by atoms with van der Waals surface area (Å²) >= 11 is 0. The Labute approximate surface area is 106 Å². The predicted molar refractivity (Wildman–Crippen MR) is 62.9 cm³/mol. The van der Waals surface area contributed by atoms with E-state index in [2.05, 4.69) is 10.1 Å². The summed E-state index contributed by atoms with van der Waals surface area (Å²) in [5.74, 6) is 0. The lowest BCUT2D eigenvalue weighted by Crippen LogP contribution is -2.20. The minimum Gasteiger partial charge on any atom is -0.393 e. The van der Waals surface area contributed by atoms with Crippen molar-refractivity contribution < 1.29 is 22.8 Å². The first-order chi connectivity index (χ1) is 8.81. The maximum absolute atomic E-state index is 11.8. The first-order valence-electron chi connectivity index (χ1n) is 5.22. The van der Waals surface area contributed by atoms with Crippen LogP contribution < -0.4 is 11.1 Å². The van der Waals surface area contributed by atoms with Gasteiger partial charge in [-0.25, -0.2) is 0 Å². The van der Waals surface area contributed by atoms with E-state index >= 15 is 0 Å². The van der Waals surface area contributed by atoms with Crippen LogP contribution in [-0.2, 0) is 4.74 Å². The summed E-state index contributed by atoms with van der Waals surface area (Å²) in [4.78, 5) is 10.1. The third kappa shape index (κ3) is 5.00. The summed E-state index contributed by atoms with van der Waals surface area (Å²) < 4.78 is 39.7. The summed E-state index contributed by atoms with van der Waals surface area (Å²) in [6, 6.07) is 4.28. The van der Waals surface area contributed by atoms with Gasteiger partial charge in [-0.1, -0.05) is 6.07 Å². The lowest BCUT2D eigenvalue weighted by atomic mass is 10.2. The highest BCUT2D eigenvalue weighted by molar-refractivity contribution is 5.74. The van der Waals surface area contributed by atoms with Crippen LogP contribution in [0.5, 0.6) is 0 Å². The Morgan fingerprint density at radius 1 is 1.42 bits per heavy atom. The first-order valence-corrected chi connectivity index (χ1v) is 5.22. The van der Waals surface area contributed by atoms with Crippen LogP contribution in [0.3, 0.4) is 0 Å². The molecule has 0 saturated carbocycles. The second-order valence-electron chi connectivity index (χ2n) is 3.60. The number of hydrogen-bond donors (Lipinski definition) is 2. The molecule has 0 saturated heterocycles. The zero-order chi connectivity index (χ0) is 14.5. The quantitative estimate of drug-likeness (QED) is 0.360. The number of ether oxygens (including phenoxy) is 1. The molecule has 0 heterocycles. The molecular formula is C10H12F3N3O3. The van der Waals surface area contributed by atoms with Crippen molar-refractivity contribution in [3.63, 3.8) is 0 Å². The Morgan fingerprint density at radius 2 is 2.11 bits per heavy atom. The minimum absolute atomic E-state index is 0.000370. The van der Waals surface area contributed by atoms with Crippen molar-refractivity contribution in [1.29, 1.82) is 0 Å². The van der Waals surface area contributed by atoms with Crippen LogP contribution >= 0.6 is 0 Å². The van der Waals surface area contributed by atoms with Crippen LogP contribution in [-0.4, -0.2) is 30.9 Å². The van der Waals surface area contributed by atoms with E-state index in [9.17, 15) is 23.3 Å². The maximum Gasteiger partial charge on any atom is 0.411 e. The molecule has 0 spiro atoms. The van der Waals surface area contributed by atoms with Crippen molar-refractivity contribution in [2.75, 3.05) is 30.8 Å². The highest BCUT2D eigenvalue weighted by atomic mass is 19.4. The number of halogens is 3. The van der Waals surface area contributed by atoms with Gasteiger partial charge >= 0.3 is 11.9 Å². The van der Waals surface area contributed by atoms with Gasteiger partial charge in [0.25, 0.3) is 0 Å². The van der Waals surface area contributed by atoms with E-state index in [0.29, 0.717) is 0 Å². The third-order valence-electron chi connectivity index (χ3n) is 2.08. The van der Waals surface area contributed by atoms with Crippen LogP contribution in [0.1, 0.15) is 0 Å². The van der Waals surface area contributed by atoms with E-state index in [1.165, 1.54) is 18.2 Å². The molecule has 0 radical (unpaired) electrons. The zero-order valence-corrected chi connectivity index (χ0v) is 9.74. The summed E-state index contributed by atoms with van der Waals surface area (Å²) in [7, 11) is 0. The molecule has 1 aromatic carbocycles. The average Bonchev–Trinajstić information content (AvgIpc) is 2.26. The summed E-state index contributed by atoms with van der Waals surface area (Å²) in [5, 5.41) is 13.4. The number of rotatable bonds is 6. The van der Waals surface area contributed by atoms with E-state index in [1.807, 2.05) is 0 Å². The molecule has 3 N–H and O–H groups in total. The van der Waals surface area contributed by atoms with Gasteiger partial charge in [-0.15, -0.1) is 0 Å². The first kappa shape index (κ1) is 15.0. The molecule has 1 rings (SSSR count). The maximum atomic E-state index is 11.8. The normalized spacial score (nSPS) is 11.3. The molecule has 0 atom stereocenters. The number of nitro benzene ring substituents is 1. The van der Waals surface area contributed by atoms with E-state index in [4.69, 9.17) is 5.73 Å². The highest BCUT2D eigenvalue weighted by Crippen LogP contribution is 2.30. The van der Waals surface area contributed by atoms with Crippen LogP contribution in [0.25, 0.3) is 0 Å². The van der Waals surface area contributed by atoms with Crippen LogP contribution in [0.4, 0.5) is 30.2 Å². The molecule has 9 heteroatoms. The second kappa shape index (κ2) is 6.23. The van der Waals surface area contributed by atoms with Crippen molar-refractivity contribution in [2.24, 2.45) is 0 Å². The van der Waals surface area contributed by atoms with Gasteiger partial charge < -0.3 is 15.8 Å². The molecule has 0 unspecified atom stereocenters. The monoisotopic (exact) mass is 279 g/mol. The van der Waals surface area contributed by atoms with Crippen LogP contribution in [0.2, 0.25) is 0 Å². The summed E-state index contributed by atoms with van der Waals surface area (Å²) in [6.45, 7) is -1.58. The Hall–Kier alpha value is -2.03. The summed E-state index contributed by atoms with van der Waals surface area (Å²) in [5.41, 5.74) is 5.26. The number of hydrogen-bond acceptors (Lipinski definition) is 5. The molecule has 6 nitrogen and oxygen atoms in total. The van der Waals surface area contributed by atoms with Gasteiger partial charge in [0.15, 0.2) is 0 Å². The SMILES string of the molecule is Nc1cccc(NCCOCC(F)(F)F)c1[N+](=O)[O-]. The zero-order valence-electron chi connectivity index (χ0n) is 9.74. The molecule has 19 heavy (non-hydrogen) atoms. The van der Waals surface area contributed by atoms with E-state index < -0.39 is 17.7 Å². The van der Waals surface area contributed by atoms with Crippen molar-refractivity contribution in [3.05, 3.63) is 28.3 Å². The Balaban J connectivity index is 2.50. The lowest BCUT2D eigenvalue weighted by Gasteiger charge is -2.10. The Bertz CT molecular complexity index is 451. The fourth-order valence-electron chi connectivity index (χ4n) is 1.35. The lowest BCUT2D eigenvalue weighted by molar-refractivity contribution is -0.383. The molecular weight excluding hydrogens is 267 g/mol. The number of para-hydroxylation sites is 1. The van der Waals surface area contributed by atoms with Crippen LogP contribution in [0.15, 0.2) is 18.2 Å². The molecule has 0 aromatic heterocycles. The molecule has 0 aliphatic heterocycles. The number of nitrogens with zero attached hydrogens (tertiary/aromatic N) is 1. The van der Waals surface area contributed by atoms with Gasteiger partial charge in [-0.05, 0) is 12.1 Å². The molecule has 0 aliphatic rings. The molecule has 106 valence electrons. The largest absolute Gasteiger partial charge is 0.411 e. The van der Waals surface area contributed by atoms with Gasteiger partial charge in [0.05, 0.1) is 11.5 Å². The topological polar surface area (TPSA) is 90.4 Å². The van der Waals surface area contributed by atoms with Gasteiger partial charge in [-0.3, -0.25) is 10.1 Å². The van der Waals surface area contributed by atoms with Crippen LogP contribution in [0, 0.1) is 10.1 Å². The fraction of sp³-hybridized carbons (Fsp3) is 0.400. The number of alkyl halides is 3. The molecule has 1 aromatic rings. The molecule has 0 aliphatic carbocycles. The van der Waals surface area contributed by atoms with E-state index in [-0.39, 0.29) is 30.2 Å². The minimum atomic E-state index is -4.39. The Morgan fingerprint density at radius 3 is 2.68 bits per heavy atom. The molecule has 0 bridgehead atoms. The number of nitro groups is 1. The number of nitrogen functional groups attached to an aromatic ring is 1. The number of benzene rings is 1. The molecule has 0 fully saturated rings. The predicted octanol–water partition coefficient (Wildman–Crippen LogP) is 2.17. The van der Waals surface area contributed by atoms with E-state index in [0.717, 1.165) is 0 Å². The third-order valence-corrected chi connectivity index (χ3v) is 2.08. The number of anilines is 2. The standard InChI is InChI=1S/C10H12F3N3O3/c11-10(12,13)6-19-5-4-15-8-3-1-2-7(14)9(8)16(17)18/h1-3,15H,4-6,14H2. The van der Waals surface area contributed by atoms with E-state index in [1.54, 1.807) is 0 Å². The average molecular weight is 279 g/mol. The summed E-state index contributed by atoms with van der Waals surface area (Å²) in [6.07, 6.45) is -4.39. The van der Waals surface area contributed by atoms with Gasteiger partial charge in [-0.2, -0.15) is 13.2 Å². The van der Waals surface area contributed by atoms with Crippen molar-refractivity contribution in [1.82, 2.24) is 0 Å².